The van der Waals surface area contributed by atoms with E-state index in [4.69, 9.17) is 4.74 Å². The van der Waals surface area contributed by atoms with Crippen molar-refractivity contribution in [3.05, 3.63) is 64.7 Å². The van der Waals surface area contributed by atoms with Gasteiger partial charge in [0, 0.05) is 5.56 Å². The maximum atomic E-state index is 11.6. The molecule has 0 aliphatic carbocycles. The number of ether oxygens (including phenoxy) is 1. The minimum Gasteiger partial charge on any atom is -0.489 e. The van der Waals surface area contributed by atoms with Crippen LogP contribution in [0.15, 0.2) is 42.5 Å². The molecular formula is C17H14O6. The molecule has 23 heavy (non-hydrogen) atoms. The summed E-state index contributed by atoms with van der Waals surface area (Å²) in [7, 11) is 0. The highest BCUT2D eigenvalue weighted by Gasteiger charge is 2.23. The molecule has 2 N–H and O–H groups in total. The molecule has 0 unspecified atom stereocenters. The van der Waals surface area contributed by atoms with Gasteiger partial charge >= 0.3 is 11.9 Å². The number of carboxylic acids is 2. The van der Waals surface area contributed by atoms with Crippen LogP contribution in [0.25, 0.3) is 0 Å². The van der Waals surface area contributed by atoms with Crippen LogP contribution in [0.1, 0.15) is 43.6 Å². The zero-order valence-corrected chi connectivity index (χ0v) is 12.3. The van der Waals surface area contributed by atoms with E-state index >= 15 is 0 Å². The minimum atomic E-state index is -1.39. The molecule has 0 fully saturated rings. The van der Waals surface area contributed by atoms with Gasteiger partial charge in [0.05, 0.1) is 11.1 Å². The van der Waals surface area contributed by atoms with Gasteiger partial charge in [-0.1, -0.05) is 30.3 Å². The fourth-order valence-corrected chi connectivity index (χ4v) is 2.16. The number of carbonyl (C=O) groups is 3. The molecule has 0 aliphatic heterocycles. The van der Waals surface area contributed by atoms with Crippen molar-refractivity contribution >= 4 is 17.7 Å². The van der Waals surface area contributed by atoms with E-state index in [-0.39, 0.29) is 29.0 Å². The predicted octanol–water partition coefficient (Wildman–Crippen LogP) is 2.86. The number of benzene rings is 2. The van der Waals surface area contributed by atoms with E-state index in [9.17, 15) is 24.6 Å². The fourth-order valence-electron chi connectivity index (χ4n) is 2.16. The molecule has 2 aromatic rings. The van der Waals surface area contributed by atoms with Gasteiger partial charge in [0.2, 0.25) is 0 Å². The second-order valence-electron chi connectivity index (χ2n) is 4.83. The van der Waals surface area contributed by atoms with Gasteiger partial charge < -0.3 is 14.9 Å². The van der Waals surface area contributed by atoms with Crippen molar-refractivity contribution in [2.75, 3.05) is 0 Å². The number of aromatic carboxylic acids is 2. The summed E-state index contributed by atoms with van der Waals surface area (Å²) >= 11 is 0. The number of ketones is 1. The molecule has 2 aromatic carbocycles. The van der Waals surface area contributed by atoms with Crippen molar-refractivity contribution < 1.29 is 29.3 Å². The monoisotopic (exact) mass is 314 g/mol. The molecule has 0 aromatic heterocycles. The summed E-state index contributed by atoms with van der Waals surface area (Å²) in [5.74, 6) is -3.33. The van der Waals surface area contributed by atoms with Crippen LogP contribution in [0.5, 0.6) is 5.75 Å². The predicted molar refractivity (Wildman–Crippen MR) is 81.1 cm³/mol. The second-order valence-corrected chi connectivity index (χ2v) is 4.83. The van der Waals surface area contributed by atoms with Crippen LogP contribution >= 0.6 is 0 Å². The van der Waals surface area contributed by atoms with E-state index in [1.54, 1.807) is 0 Å². The Bertz CT molecular complexity index is 729. The van der Waals surface area contributed by atoms with Gasteiger partial charge in [0.25, 0.3) is 0 Å². The maximum absolute atomic E-state index is 11.6. The average molecular weight is 314 g/mol. The Labute approximate surface area is 131 Å². The van der Waals surface area contributed by atoms with E-state index < -0.39 is 17.7 Å². The molecule has 0 heterocycles. The summed E-state index contributed by atoms with van der Waals surface area (Å²) in [6.07, 6.45) is 0. The highest BCUT2D eigenvalue weighted by Crippen LogP contribution is 2.25. The minimum absolute atomic E-state index is 0.0775. The van der Waals surface area contributed by atoms with Crippen LogP contribution < -0.4 is 4.74 Å². The number of carboxylic acid groups (broad SMARTS) is 2. The van der Waals surface area contributed by atoms with Gasteiger partial charge in [0.1, 0.15) is 12.4 Å². The Morgan fingerprint density at radius 2 is 1.48 bits per heavy atom. The fraction of sp³-hybridized carbons (Fsp3) is 0.118. The van der Waals surface area contributed by atoms with Crippen LogP contribution in [0.4, 0.5) is 0 Å². The highest BCUT2D eigenvalue weighted by molar-refractivity contribution is 6.11. The van der Waals surface area contributed by atoms with Crippen molar-refractivity contribution in [1.82, 2.24) is 0 Å². The second kappa shape index (κ2) is 6.74. The zero-order chi connectivity index (χ0) is 17.0. The largest absolute Gasteiger partial charge is 0.489 e. The molecule has 0 bridgehead atoms. The number of rotatable bonds is 6. The number of hydrogen-bond acceptors (Lipinski definition) is 4. The Morgan fingerprint density at radius 3 is 1.91 bits per heavy atom. The van der Waals surface area contributed by atoms with Gasteiger partial charge in [-0.15, -0.1) is 0 Å². The van der Waals surface area contributed by atoms with Gasteiger partial charge in [-0.25, -0.2) is 9.59 Å². The number of Topliss-reactive ketones (excluding diaryl/α,β-unsaturated/α-hetero) is 1. The van der Waals surface area contributed by atoms with Crippen LogP contribution in [0.2, 0.25) is 0 Å². The Balaban J connectivity index is 2.43. The quantitative estimate of drug-likeness (QED) is 0.795. The topological polar surface area (TPSA) is 101 Å². The van der Waals surface area contributed by atoms with E-state index in [0.29, 0.717) is 0 Å². The molecule has 0 spiro atoms. The molecule has 0 amide bonds. The summed E-state index contributed by atoms with van der Waals surface area (Å²) in [5, 5.41) is 18.5. The van der Waals surface area contributed by atoms with Crippen LogP contribution in [0, 0.1) is 0 Å². The van der Waals surface area contributed by atoms with E-state index in [1.807, 2.05) is 30.3 Å². The zero-order valence-electron chi connectivity index (χ0n) is 12.3. The van der Waals surface area contributed by atoms with Crippen molar-refractivity contribution in [2.45, 2.75) is 13.5 Å². The van der Waals surface area contributed by atoms with Gasteiger partial charge in [-0.05, 0) is 24.6 Å². The van der Waals surface area contributed by atoms with Crippen molar-refractivity contribution in [3.63, 3.8) is 0 Å². The van der Waals surface area contributed by atoms with Crippen LogP contribution in [-0.4, -0.2) is 27.9 Å². The van der Waals surface area contributed by atoms with Crippen LogP contribution in [0.3, 0.4) is 0 Å². The third-order valence-corrected chi connectivity index (χ3v) is 3.17. The molecular weight excluding hydrogens is 300 g/mol. The third kappa shape index (κ3) is 3.74. The number of hydrogen-bond donors (Lipinski definition) is 2. The van der Waals surface area contributed by atoms with Crippen molar-refractivity contribution in [3.8, 4) is 5.75 Å². The summed E-state index contributed by atoms with van der Waals surface area (Å²) in [6, 6.07) is 11.4. The summed E-state index contributed by atoms with van der Waals surface area (Å²) in [4.78, 5) is 34.3. The number of carbonyl (C=O) groups excluding carboxylic acids is 1. The Hall–Kier alpha value is -3.15. The molecule has 0 atom stereocenters. The average Bonchev–Trinajstić information content (AvgIpc) is 2.52. The van der Waals surface area contributed by atoms with Crippen molar-refractivity contribution in [2.24, 2.45) is 0 Å². The van der Waals surface area contributed by atoms with E-state index in [1.165, 1.54) is 0 Å². The highest BCUT2D eigenvalue weighted by atomic mass is 16.5. The lowest BCUT2D eigenvalue weighted by atomic mass is 9.97. The summed E-state index contributed by atoms with van der Waals surface area (Å²) in [6.45, 7) is 1.27. The Kier molecular flexibility index (Phi) is 4.75. The Morgan fingerprint density at radius 1 is 0.957 bits per heavy atom. The van der Waals surface area contributed by atoms with Crippen LogP contribution in [-0.2, 0) is 6.61 Å². The normalized spacial score (nSPS) is 10.1. The standard InChI is InChI=1S/C17H14O6/c1-10(18)15-13(16(19)20)7-12(8-14(15)17(21)22)23-9-11-5-3-2-4-6-11/h2-8H,9H2,1H3,(H,19,20)(H,21,22). The first-order valence-electron chi connectivity index (χ1n) is 6.72. The summed E-state index contributed by atoms with van der Waals surface area (Å²) in [5.41, 5.74) is -0.269. The molecule has 0 saturated heterocycles. The first kappa shape index (κ1) is 16.2. The molecule has 6 heteroatoms. The maximum Gasteiger partial charge on any atom is 0.336 e. The molecule has 2 rings (SSSR count). The molecule has 0 radical (unpaired) electrons. The lowest BCUT2D eigenvalue weighted by Gasteiger charge is -2.12. The first-order valence-corrected chi connectivity index (χ1v) is 6.72. The third-order valence-electron chi connectivity index (χ3n) is 3.17. The molecule has 0 aliphatic rings. The smallest absolute Gasteiger partial charge is 0.336 e. The van der Waals surface area contributed by atoms with Gasteiger partial charge in [-0.3, -0.25) is 4.79 Å². The lowest BCUT2D eigenvalue weighted by molar-refractivity contribution is 0.0687. The lowest BCUT2D eigenvalue weighted by Crippen LogP contribution is -2.14. The summed E-state index contributed by atoms with van der Waals surface area (Å²) < 4.78 is 5.47. The van der Waals surface area contributed by atoms with E-state index in [0.717, 1.165) is 24.6 Å². The van der Waals surface area contributed by atoms with Gasteiger partial charge in [-0.2, -0.15) is 0 Å². The first-order chi connectivity index (χ1) is 10.9. The molecule has 6 nitrogen and oxygen atoms in total. The SMILES string of the molecule is CC(=O)c1c(C(=O)O)cc(OCc2ccccc2)cc1C(=O)O. The van der Waals surface area contributed by atoms with E-state index in [2.05, 4.69) is 0 Å². The molecule has 0 saturated carbocycles. The van der Waals surface area contributed by atoms with Crippen molar-refractivity contribution in [1.29, 1.82) is 0 Å². The molecule has 118 valence electrons. The van der Waals surface area contributed by atoms with Gasteiger partial charge in [0.15, 0.2) is 5.78 Å².